The van der Waals surface area contributed by atoms with Crippen molar-refractivity contribution in [2.75, 3.05) is 6.54 Å². The van der Waals surface area contributed by atoms with E-state index in [0.29, 0.717) is 13.0 Å². The lowest BCUT2D eigenvalue weighted by atomic mass is 9.90. The fourth-order valence-electron chi connectivity index (χ4n) is 1.58. The van der Waals surface area contributed by atoms with Gasteiger partial charge in [0.2, 0.25) is 0 Å². The van der Waals surface area contributed by atoms with Crippen LogP contribution in [0.2, 0.25) is 0 Å². The van der Waals surface area contributed by atoms with Crippen LogP contribution in [0.1, 0.15) is 26.2 Å². The Morgan fingerprint density at radius 2 is 2.25 bits per heavy atom. The summed E-state index contributed by atoms with van der Waals surface area (Å²) in [4.78, 5) is 22.6. The summed E-state index contributed by atoms with van der Waals surface area (Å²) in [6, 6.07) is 0. The molecule has 1 fully saturated rings. The molecule has 0 radical (unpaired) electrons. The number of piperidine rings is 1. The molecule has 1 saturated heterocycles. The first-order valence-electron chi connectivity index (χ1n) is 4.07. The zero-order valence-corrected chi connectivity index (χ0v) is 7.12. The smallest absolute Gasteiger partial charge is 0.408 e. The molecule has 0 saturated carbocycles. The van der Waals surface area contributed by atoms with Gasteiger partial charge in [0.15, 0.2) is 0 Å². The van der Waals surface area contributed by atoms with Gasteiger partial charge in [0.1, 0.15) is 6.29 Å². The fraction of sp³-hybridized carbons (Fsp3) is 0.750. The van der Waals surface area contributed by atoms with Crippen molar-refractivity contribution in [2.45, 2.75) is 31.7 Å². The number of aldehydes is 1. The van der Waals surface area contributed by atoms with Crippen molar-refractivity contribution in [1.29, 1.82) is 0 Å². The number of likely N-dealkylation sites (tertiary alicyclic amines) is 1. The first-order chi connectivity index (χ1) is 5.60. The minimum absolute atomic E-state index is 0.477. The SMILES string of the molecule is CC1(C=O)CCCCN1C(=O)O. The maximum atomic E-state index is 10.7. The molecule has 1 N–H and O–H groups in total. The topological polar surface area (TPSA) is 57.6 Å². The second kappa shape index (κ2) is 3.13. The van der Waals surface area contributed by atoms with E-state index in [0.717, 1.165) is 19.1 Å². The van der Waals surface area contributed by atoms with Crippen LogP contribution >= 0.6 is 0 Å². The van der Waals surface area contributed by atoms with E-state index in [2.05, 4.69) is 0 Å². The highest BCUT2D eigenvalue weighted by Gasteiger charge is 2.37. The molecule has 4 heteroatoms. The summed E-state index contributed by atoms with van der Waals surface area (Å²) < 4.78 is 0. The van der Waals surface area contributed by atoms with Crippen LogP contribution in [0, 0.1) is 0 Å². The zero-order chi connectivity index (χ0) is 9.19. The molecule has 4 nitrogen and oxygen atoms in total. The van der Waals surface area contributed by atoms with Crippen molar-refractivity contribution in [3.8, 4) is 0 Å². The molecule has 68 valence electrons. The number of carbonyl (C=O) groups excluding carboxylic acids is 1. The molecule has 1 amide bonds. The molecule has 0 aromatic heterocycles. The highest BCUT2D eigenvalue weighted by Crippen LogP contribution is 2.25. The largest absolute Gasteiger partial charge is 0.465 e. The minimum Gasteiger partial charge on any atom is -0.465 e. The van der Waals surface area contributed by atoms with Gasteiger partial charge in [0, 0.05) is 6.54 Å². The number of nitrogens with zero attached hydrogens (tertiary/aromatic N) is 1. The molecule has 0 bridgehead atoms. The Kier molecular flexibility index (Phi) is 2.35. The summed E-state index contributed by atoms with van der Waals surface area (Å²) in [5.74, 6) is 0. The van der Waals surface area contributed by atoms with Crippen LogP contribution in [0.5, 0.6) is 0 Å². The molecular weight excluding hydrogens is 158 g/mol. The van der Waals surface area contributed by atoms with E-state index < -0.39 is 11.6 Å². The third-order valence-electron chi connectivity index (χ3n) is 2.42. The van der Waals surface area contributed by atoms with Crippen LogP contribution in [-0.4, -0.2) is 34.5 Å². The Balaban J connectivity index is 2.80. The van der Waals surface area contributed by atoms with E-state index in [9.17, 15) is 9.59 Å². The van der Waals surface area contributed by atoms with Crippen molar-refractivity contribution < 1.29 is 14.7 Å². The Labute approximate surface area is 71.2 Å². The molecule has 1 rings (SSSR count). The summed E-state index contributed by atoms with van der Waals surface area (Å²) in [5, 5.41) is 8.77. The standard InChI is InChI=1S/C8H13NO3/c1-8(6-10)4-2-3-5-9(8)7(11)12/h6H,2-5H2,1H3,(H,11,12). The Bertz CT molecular complexity index is 204. The Morgan fingerprint density at radius 1 is 1.58 bits per heavy atom. The molecule has 1 aliphatic rings. The molecule has 1 heterocycles. The third kappa shape index (κ3) is 1.42. The average Bonchev–Trinajstić information content (AvgIpc) is 2.05. The lowest BCUT2D eigenvalue weighted by Crippen LogP contribution is -2.53. The predicted octanol–water partition coefficient (Wildman–Crippen LogP) is 1.11. The van der Waals surface area contributed by atoms with E-state index >= 15 is 0 Å². The molecule has 0 aliphatic carbocycles. The van der Waals surface area contributed by atoms with Crippen LogP contribution in [0.4, 0.5) is 4.79 Å². The van der Waals surface area contributed by atoms with Gasteiger partial charge in [-0.3, -0.25) is 4.90 Å². The van der Waals surface area contributed by atoms with Gasteiger partial charge < -0.3 is 9.90 Å². The molecule has 1 unspecified atom stereocenters. The predicted molar refractivity (Wildman–Crippen MR) is 43.1 cm³/mol. The van der Waals surface area contributed by atoms with E-state index in [1.165, 1.54) is 4.90 Å². The first kappa shape index (κ1) is 9.03. The number of carboxylic acid groups (broad SMARTS) is 1. The van der Waals surface area contributed by atoms with E-state index in [-0.39, 0.29) is 0 Å². The monoisotopic (exact) mass is 171 g/mol. The number of rotatable bonds is 1. The number of carbonyl (C=O) groups is 2. The van der Waals surface area contributed by atoms with Gasteiger partial charge in [-0.25, -0.2) is 4.79 Å². The molecule has 12 heavy (non-hydrogen) atoms. The number of amides is 1. The van der Waals surface area contributed by atoms with Gasteiger partial charge in [0.05, 0.1) is 5.54 Å². The molecule has 0 aromatic rings. The minimum atomic E-state index is -0.996. The average molecular weight is 171 g/mol. The summed E-state index contributed by atoms with van der Waals surface area (Å²) >= 11 is 0. The van der Waals surface area contributed by atoms with E-state index in [1.807, 2.05) is 0 Å². The summed E-state index contributed by atoms with van der Waals surface area (Å²) in [7, 11) is 0. The second-order valence-corrected chi connectivity index (χ2v) is 3.37. The van der Waals surface area contributed by atoms with Crippen LogP contribution in [-0.2, 0) is 4.79 Å². The maximum absolute atomic E-state index is 10.7. The Morgan fingerprint density at radius 3 is 2.67 bits per heavy atom. The summed E-state index contributed by atoms with van der Waals surface area (Å²) in [6.07, 6.45) is 2.17. The molecule has 1 aliphatic heterocycles. The van der Waals surface area contributed by atoms with Crippen LogP contribution in [0.15, 0.2) is 0 Å². The van der Waals surface area contributed by atoms with Crippen molar-refractivity contribution in [2.24, 2.45) is 0 Å². The van der Waals surface area contributed by atoms with Crippen LogP contribution < -0.4 is 0 Å². The summed E-state index contributed by atoms with van der Waals surface area (Å²) in [6.45, 7) is 2.15. The normalized spacial score (nSPS) is 29.9. The molecule has 0 spiro atoms. The highest BCUT2D eigenvalue weighted by atomic mass is 16.4. The second-order valence-electron chi connectivity index (χ2n) is 3.37. The van der Waals surface area contributed by atoms with Crippen LogP contribution in [0.3, 0.4) is 0 Å². The molecular formula is C8H13NO3. The van der Waals surface area contributed by atoms with Gasteiger partial charge in [-0.05, 0) is 26.2 Å². The lowest BCUT2D eigenvalue weighted by Gasteiger charge is -2.38. The van der Waals surface area contributed by atoms with Gasteiger partial charge >= 0.3 is 6.09 Å². The van der Waals surface area contributed by atoms with E-state index in [4.69, 9.17) is 5.11 Å². The fourth-order valence-corrected chi connectivity index (χ4v) is 1.58. The first-order valence-corrected chi connectivity index (χ1v) is 4.07. The number of hydrogen-bond acceptors (Lipinski definition) is 2. The zero-order valence-electron chi connectivity index (χ0n) is 7.12. The molecule has 0 aromatic carbocycles. The lowest BCUT2D eigenvalue weighted by molar-refractivity contribution is -0.118. The van der Waals surface area contributed by atoms with Crippen molar-refractivity contribution in [1.82, 2.24) is 4.90 Å². The van der Waals surface area contributed by atoms with Crippen molar-refractivity contribution in [3.05, 3.63) is 0 Å². The van der Waals surface area contributed by atoms with Gasteiger partial charge in [-0.1, -0.05) is 0 Å². The summed E-state index contributed by atoms with van der Waals surface area (Å²) in [5.41, 5.74) is -0.788. The quantitative estimate of drug-likeness (QED) is 0.601. The highest BCUT2D eigenvalue weighted by molar-refractivity contribution is 5.75. The van der Waals surface area contributed by atoms with Crippen molar-refractivity contribution >= 4 is 12.4 Å². The maximum Gasteiger partial charge on any atom is 0.408 e. The van der Waals surface area contributed by atoms with Gasteiger partial charge in [-0.2, -0.15) is 0 Å². The van der Waals surface area contributed by atoms with Crippen molar-refractivity contribution in [3.63, 3.8) is 0 Å². The van der Waals surface area contributed by atoms with E-state index in [1.54, 1.807) is 6.92 Å². The van der Waals surface area contributed by atoms with Gasteiger partial charge in [0.25, 0.3) is 0 Å². The van der Waals surface area contributed by atoms with Gasteiger partial charge in [-0.15, -0.1) is 0 Å². The number of hydrogen-bond donors (Lipinski definition) is 1. The van der Waals surface area contributed by atoms with Crippen LogP contribution in [0.25, 0.3) is 0 Å². The Hall–Kier alpha value is -1.06. The third-order valence-corrected chi connectivity index (χ3v) is 2.42. The molecule has 1 atom stereocenters.